The van der Waals surface area contributed by atoms with Gasteiger partial charge in [0.15, 0.2) is 0 Å². The smallest absolute Gasteiger partial charge is 0.310 e. The molecular formula is C17H20N2O6S. The predicted molar refractivity (Wildman–Crippen MR) is 91.9 cm³/mol. The summed E-state index contributed by atoms with van der Waals surface area (Å²) in [7, 11) is -3.34. The van der Waals surface area contributed by atoms with Crippen molar-refractivity contribution in [3.8, 4) is 0 Å². The van der Waals surface area contributed by atoms with Crippen LogP contribution in [0.1, 0.15) is 33.6 Å². The summed E-state index contributed by atoms with van der Waals surface area (Å²) in [5.41, 5.74) is 0.694. The Labute approximate surface area is 151 Å². The van der Waals surface area contributed by atoms with E-state index in [1.54, 1.807) is 24.3 Å². The molecule has 2 heterocycles. The molecule has 0 spiro atoms. The van der Waals surface area contributed by atoms with E-state index in [1.165, 1.54) is 4.31 Å². The first-order valence-corrected chi connectivity index (χ1v) is 10.2. The van der Waals surface area contributed by atoms with Crippen molar-refractivity contribution in [1.29, 1.82) is 0 Å². The van der Waals surface area contributed by atoms with Crippen molar-refractivity contribution in [3.63, 3.8) is 0 Å². The first kappa shape index (κ1) is 18.5. The minimum Gasteiger partial charge on any atom is -0.464 e. The molecule has 1 aromatic rings. The number of imide groups is 1. The molecule has 0 aliphatic carbocycles. The maximum absolute atomic E-state index is 12.2. The molecule has 2 aliphatic heterocycles. The number of piperidine rings is 1. The molecule has 2 amide bonds. The lowest BCUT2D eigenvalue weighted by atomic mass is 10.0. The van der Waals surface area contributed by atoms with Crippen molar-refractivity contribution in [2.24, 2.45) is 5.92 Å². The SMILES string of the molecule is CS(=O)(=O)N1CCCC(C(=O)OCCN2C(=O)c3ccccc3C2=O)C1. The van der Waals surface area contributed by atoms with Crippen molar-refractivity contribution in [3.05, 3.63) is 35.4 Å². The molecule has 0 saturated carbocycles. The molecule has 140 valence electrons. The van der Waals surface area contributed by atoms with Gasteiger partial charge in [-0.25, -0.2) is 12.7 Å². The number of amides is 2. The van der Waals surface area contributed by atoms with Gasteiger partial charge in [-0.3, -0.25) is 19.3 Å². The number of benzene rings is 1. The third-order valence-electron chi connectivity index (χ3n) is 4.62. The van der Waals surface area contributed by atoms with Crippen molar-refractivity contribution >= 4 is 27.8 Å². The van der Waals surface area contributed by atoms with Crippen LogP contribution in [0.5, 0.6) is 0 Å². The zero-order chi connectivity index (χ0) is 18.9. The van der Waals surface area contributed by atoms with Gasteiger partial charge in [0, 0.05) is 13.1 Å². The third-order valence-corrected chi connectivity index (χ3v) is 5.89. The number of carbonyl (C=O) groups is 3. The van der Waals surface area contributed by atoms with Crippen LogP contribution in [0, 0.1) is 5.92 Å². The number of carbonyl (C=O) groups excluding carboxylic acids is 3. The number of fused-ring (bicyclic) bond motifs is 1. The minimum atomic E-state index is -3.34. The summed E-state index contributed by atoms with van der Waals surface area (Å²) in [5.74, 6) is -1.83. The highest BCUT2D eigenvalue weighted by atomic mass is 32.2. The largest absolute Gasteiger partial charge is 0.464 e. The van der Waals surface area contributed by atoms with E-state index < -0.39 is 33.7 Å². The molecule has 1 aromatic carbocycles. The number of nitrogens with zero attached hydrogens (tertiary/aromatic N) is 2. The molecule has 1 atom stereocenters. The van der Waals surface area contributed by atoms with Crippen LogP contribution in [0.2, 0.25) is 0 Å². The van der Waals surface area contributed by atoms with Gasteiger partial charge in [-0.15, -0.1) is 0 Å². The second kappa shape index (κ2) is 7.16. The lowest BCUT2D eigenvalue weighted by Gasteiger charge is -2.29. The number of esters is 1. The number of rotatable bonds is 5. The van der Waals surface area contributed by atoms with E-state index in [0.29, 0.717) is 30.5 Å². The van der Waals surface area contributed by atoms with Crippen molar-refractivity contribution in [1.82, 2.24) is 9.21 Å². The highest BCUT2D eigenvalue weighted by molar-refractivity contribution is 7.88. The van der Waals surface area contributed by atoms with E-state index in [4.69, 9.17) is 4.74 Å². The highest BCUT2D eigenvalue weighted by Crippen LogP contribution is 2.23. The Morgan fingerprint density at radius 1 is 1.19 bits per heavy atom. The Bertz CT molecular complexity index is 816. The van der Waals surface area contributed by atoms with Gasteiger partial charge in [0.05, 0.1) is 29.8 Å². The van der Waals surface area contributed by atoms with Gasteiger partial charge in [-0.2, -0.15) is 0 Å². The van der Waals surface area contributed by atoms with E-state index in [0.717, 1.165) is 11.2 Å². The summed E-state index contributed by atoms with van der Waals surface area (Å²) in [6.07, 6.45) is 2.26. The highest BCUT2D eigenvalue weighted by Gasteiger charge is 2.35. The zero-order valence-electron chi connectivity index (χ0n) is 14.4. The molecule has 1 saturated heterocycles. The van der Waals surface area contributed by atoms with Crippen LogP contribution < -0.4 is 0 Å². The lowest BCUT2D eigenvalue weighted by molar-refractivity contribution is -0.150. The van der Waals surface area contributed by atoms with Gasteiger partial charge in [0.1, 0.15) is 6.61 Å². The molecule has 9 heteroatoms. The van der Waals surface area contributed by atoms with Gasteiger partial charge in [-0.05, 0) is 25.0 Å². The zero-order valence-corrected chi connectivity index (χ0v) is 15.2. The van der Waals surface area contributed by atoms with E-state index in [1.807, 2.05) is 0 Å². The Hall–Kier alpha value is -2.26. The molecule has 0 radical (unpaired) electrons. The molecule has 0 aromatic heterocycles. The Morgan fingerprint density at radius 3 is 2.38 bits per heavy atom. The number of ether oxygens (including phenoxy) is 1. The van der Waals surface area contributed by atoms with Crippen LogP contribution in [-0.2, 0) is 19.6 Å². The molecule has 8 nitrogen and oxygen atoms in total. The number of hydrogen-bond acceptors (Lipinski definition) is 6. The monoisotopic (exact) mass is 380 g/mol. The van der Waals surface area contributed by atoms with Crippen LogP contribution in [-0.4, -0.2) is 67.9 Å². The maximum Gasteiger partial charge on any atom is 0.310 e. The van der Waals surface area contributed by atoms with Gasteiger partial charge in [0.2, 0.25) is 10.0 Å². The standard InChI is InChI=1S/C17H20N2O6S/c1-26(23,24)18-8-4-5-12(11-18)17(22)25-10-9-19-15(20)13-6-2-3-7-14(13)16(19)21/h2-3,6-7,12H,4-5,8-11H2,1H3. The van der Waals surface area contributed by atoms with Crippen molar-refractivity contribution < 1.29 is 27.5 Å². The second-order valence-electron chi connectivity index (χ2n) is 6.44. The Kier molecular flexibility index (Phi) is 5.10. The molecule has 0 bridgehead atoms. The van der Waals surface area contributed by atoms with Gasteiger partial charge in [-0.1, -0.05) is 12.1 Å². The van der Waals surface area contributed by atoms with E-state index >= 15 is 0 Å². The summed E-state index contributed by atoms with van der Waals surface area (Å²) >= 11 is 0. The molecule has 2 aliphatic rings. The number of sulfonamides is 1. The summed E-state index contributed by atoms with van der Waals surface area (Å²) in [6, 6.07) is 6.54. The molecule has 26 heavy (non-hydrogen) atoms. The lowest BCUT2D eigenvalue weighted by Crippen LogP contribution is -2.42. The average Bonchev–Trinajstić information content (AvgIpc) is 2.86. The van der Waals surface area contributed by atoms with Crippen molar-refractivity contribution in [2.75, 3.05) is 32.5 Å². The number of hydrogen-bond donors (Lipinski definition) is 0. The van der Waals surface area contributed by atoms with Crippen molar-refractivity contribution in [2.45, 2.75) is 12.8 Å². The van der Waals surface area contributed by atoms with Gasteiger partial charge >= 0.3 is 5.97 Å². The minimum absolute atomic E-state index is 0.0272. The molecule has 1 unspecified atom stereocenters. The summed E-state index contributed by atoms with van der Waals surface area (Å²) in [5, 5.41) is 0. The third kappa shape index (κ3) is 3.63. The average molecular weight is 380 g/mol. The Morgan fingerprint density at radius 2 is 1.81 bits per heavy atom. The van der Waals surface area contributed by atoms with E-state index in [-0.39, 0.29) is 19.7 Å². The van der Waals surface area contributed by atoms with Crippen LogP contribution in [0.25, 0.3) is 0 Å². The van der Waals surface area contributed by atoms with E-state index in [9.17, 15) is 22.8 Å². The van der Waals surface area contributed by atoms with Crippen LogP contribution in [0.15, 0.2) is 24.3 Å². The Balaban J connectivity index is 1.53. The maximum atomic E-state index is 12.2. The fourth-order valence-electron chi connectivity index (χ4n) is 3.23. The molecule has 3 rings (SSSR count). The fraction of sp³-hybridized carbons (Fsp3) is 0.471. The van der Waals surface area contributed by atoms with Gasteiger partial charge in [0.25, 0.3) is 11.8 Å². The predicted octanol–water partition coefficient (Wildman–Crippen LogP) is 0.497. The summed E-state index contributed by atoms with van der Waals surface area (Å²) in [6.45, 7) is 0.364. The first-order valence-electron chi connectivity index (χ1n) is 8.36. The fourth-order valence-corrected chi connectivity index (χ4v) is 4.15. The normalized spacial score (nSPS) is 21.0. The second-order valence-corrected chi connectivity index (χ2v) is 8.42. The van der Waals surface area contributed by atoms with Crippen LogP contribution >= 0.6 is 0 Å². The summed E-state index contributed by atoms with van der Waals surface area (Å²) < 4.78 is 29.7. The summed E-state index contributed by atoms with van der Waals surface area (Å²) in [4.78, 5) is 37.7. The molecular weight excluding hydrogens is 360 g/mol. The quantitative estimate of drug-likeness (QED) is 0.545. The van der Waals surface area contributed by atoms with E-state index in [2.05, 4.69) is 0 Å². The van der Waals surface area contributed by atoms with Crippen LogP contribution in [0.3, 0.4) is 0 Å². The topological polar surface area (TPSA) is 101 Å². The first-order chi connectivity index (χ1) is 12.3. The van der Waals surface area contributed by atoms with Gasteiger partial charge < -0.3 is 4.74 Å². The van der Waals surface area contributed by atoms with Crippen LogP contribution in [0.4, 0.5) is 0 Å². The molecule has 1 fully saturated rings. The molecule has 0 N–H and O–H groups in total.